The number of rotatable bonds is 9. The van der Waals surface area contributed by atoms with Gasteiger partial charge in [0.1, 0.15) is 5.75 Å². The molecule has 0 heterocycles. The second-order valence-electron chi connectivity index (χ2n) is 5.99. The van der Waals surface area contributed by atoms with Gasteiger partial charge in [0.25, 0.3) is 5.91 Å². The summed E-state index contributed by atoms with van der Waals surface area (Å²) < 4.78 is 10.2. The first kappa shape index (κ1) is 20.2. The van der Waals surface area contributed by atoms with Crippen LogP contribution in [0.3, 0.4) is 0 Å². The molecule has 0 aromatic heterocycles. The number of aryl methyl sites for hydroxylation is 1. The zero-order valence-electron chi connectivity index (χ0n) is 15.4. The summed E-state index contributed by atoms with van der Waals surface area (Å²) in [5.41, 5.74) is 2.54. The Bertz CT molecular complexity index is 785. The molecule has 0 aliphatic carbocycles. The monoisotopic (exact) mass is 369 g/mol. The molecular weight excluding hydrogens is 346 g/mol. The first-order chi connectivity index (χ1) is 13.0. The van der Waals surface area contributed by atoms with Gasteiger partial charge in [-0.1, -0.05) is 43.3 Å². The van der Waals surface area contributed by atoms with E-state index in [2.05, 4.69) is 12.2 Å². The number of para-hydroxylation sites is 1. The van der Waals surface area contributed by atoms with Crippen molar-refractivity contribution in [2.45, 2.75) is 26.3 Å². The highest BCUT2D eigenvalue weighted by Gasteiger charge is 2.13. The van der Waals surface area contributed by atoms with Crippen molar-refractivity contribution < 1.29 is 23.9 Å². The van der Waals surface area contributed by atoms with Crippen LogP contribution in [0.15, 0.2) is 48.5 Å². The number of carbonyl (C=O) groups is 3. The van der Waals surface area contributed by atoms with Gasteiger partial charge in [-0.15, -0.1) is 0 Å². The zero-order valence-corrected chi connectivity index (χ0v) is 15.4. The fourth-order valence-electron chi connectivity index (χ4n) is 2.44. The van der Waals surface area contributed by atoms with E-state index in [4.69, 9.17) is 9.47 Å². The van der Waals surface area contributed by atoms with Gasteiger partial charge in [0.2, 0.25) is 0 Å². The highest BCUT2D eigenvalue weighted by Crippen LogP contribution is 2.15. The van der Waals surface area contributed by atoms with Crippen LogP contribution in [0.25, 0.3) is 0 Å². The molecule has 0 radical (unpaired) electrons. The van der Waals surface area contributed by atoms with Crippen LogP contribution in [0.5, 0.6) is 5.75 Å². The van der Waals surface area contributed by atoms with Gasteiger partial charge in [0.15, 0.2) is 19.5 Å². The van der Waals surface area contributed by atoms with Gasteiger partial charge in [-0.25, -0.2) is 4.79 Å². The van der Waals surface area contributed by atoms with Gasteiger partial charge in [-0.3, -0.25) is 9.59 Å². The summed E-state index contributed by atoms with van der Waals surface area (Å²) in [4.78, 5) is 34.6. The Labute approximate surface area is 158 Å². The Balaban J connectivity index is 1.75. The van der Waals surface area contributed by atoms with Crippen molar-refractivity contribution in [2.24, 2.45) is 0 Å². The third-order valence-electron chi connectivity index (χ3n) is 4.02. The summed E-state index contributed by atoms with van der Waals surface area (Å²) in [5.74, 6) is -0.799. The average molecular weight is 369 g/mol. The van der Waals surface area contributed by atoms with E-state index in [1.807, 2.05) is 31.2 Å². The van der Waals surface area contributed by atoms with E-state index in [-0.39, 0.29) is 18.4 Å². The van der Waals surface area contributed by atoms with Gasteiger partial charge < -0.3 is 14.8 Å². The van der Waals surface area contributed by atoms with Crippen LogP contribution in [0.4, 0.5) is 0 Å². The highest BCUT2D eigenvalue weighted by atomic mass is 16.6. The minimum Gasteiger partial charge on any atom is -0.481 e. The number of carbonyl (C=O) groups excluding carboxylic acids is 3. The van der Waals surface area contributed by atoms with E-state index in [1.54, 1.807) is 24.3 Å². The smallest absolute Gasteiger partial charge is 0.344 e. The number of nitrogens with one attached hydrogen (secondary N) is 1. The molecule has 1 amide bonds. The van der Waals surface area contributed by atoms with Gasteiger partial charge in [0.05, 0.1) is 11.6 Å². The molecule has 0 bridgehead atoms. The zero-order chi connectivity index (χ0) is 19.6. The van der Waals surface area contributed by atoms with Gasteiger partial charge in [-0.05, 0) is 36.6 Å². The van der Waals surface area contributed by atoms with E-state index in [9.17, 15) is 14.4 Å². The number of benzene rings is 2. The Morgan fingerprint density at radius 3 is 2.44 bits per heavy atom. The summed E-state index contributed by atoms with van der Waals surface area (Å²) in [6.45, 7) is 3.16. The molecular formula is C21H23NO5. The molecule has 2 rings (SSSR count). The maximum absolute atomic E-state index is 12.0. The summed E-state index contributed by atoms with van der Waals surface area (Å²) in [5, 5.41) is 2.78. The lowest BCUT2D eigenvalue weighted by Gasteiger charge is -2.15. The van der Waals surface area contributed by atoms with E-state index in [1.165, 1.54) is 5.56 Å². The van der Waals surface area contributed by atoms with Crippen molar-refractivity contribution in [3.63, 3.8) is 0 Å². The predicted molar refractivity (Wildman–Crippen MR) is 101 cm³/mol. The fourth-order valence-corrected chi connectivity index (χ4v) is 2.44. The Kier molecular flexibility index (Phi) is 7.55. The number of aldehydes is 1. The minimum absolute atomic E-state index is 0.196. The molecule has 2 aromatic rings. The van der Waals surface area contributed by atoms with Crippen molar-refractivity contribution in [3.05, 3.63) is 65.2 Å². The third kappa shape index (κ3) is 6.26. The molecule has 0 aliphatic rings. The first-order valence-corrected chi connectivity index (χ1v) is 8.74. The van der Waals surface area contributed by atoms with Crippen LogP contribution in [0, 0.1) is 0 Å². The van der Waals surface area contributed by atoms with Crippen LogP contribution < -0.4 is 10.1 Å². The van der Waals surface area contributed by atoms with Crippen molar-refractivity contribution in [2.75, 3.05) is 13.2 Å². The highest BCUT2D eigenvalue weighted by molar-refractivity contribution is 5.82. The summed E-state index contributed by atoms with van der Waals surface area (Å²) in [7, 11) is 0. The fraction of sp³-hybridized carbons (Fsp3) is 0.286. The quantitative estimate of drug-likeness (QED) is 0.543. The van der Waals surface area contributed by atoms with Crippen molar-refractivity contribution in [3.8, 4) is 5.75 Å². The van der Waals surface area contributed by atoms with E-state index < -0.39 is 18.5 Å². The molecule has 0 spiro atoms. The second kappa shape index (κ2) is 10.1. The lowest BCUT2D eigenvalue weighted by molar-refractivity contribution is -0.150. The Morgan fingerprint density at radius 1 is 1.07 bits per heavy atom. The number of hydrogen-bond donors (Lipinski definition) is 1. The Morgan fingerprint density at radius 2 is 1.78 bits per heavy atom. The molecule has 0 unspecified atom stereocenters. The molecule has 0 fully saturated rings. The maximum atomic E-state index is 12.0. The maximum Gasteiger partial charge on any atom is 0.344 e. The molecule has 0 saturated carbocycles. The van der Waals surface area contributed by atoms with Crippen molar-refractivity contribution in [1.29, 1.82) is 0 Å². The van der Waals surface area contributed by atoms with Gasteiger partial charge >= 0.3 is 5.97 Å². The molecule has 0 saturated heterocycles. The number of amides is 1. The van der Waals surface area contributed by atoms with Gasteiger partial charge in [-0.2, -0.15) is 0 Å². The molecule has 1 atom stereocenters. The summed E-state index contributed by atoms with van der Waals surface area (Å²) in [6.07, 6.45) is 1.60. The van der Waals surface area contributed by atoms with Crippen molar-refractivity contribution in [1.82, 2.24) is 5.32 Å². The lowest BCUT2D eigenvalue weighted by atomic mass is 10.1. The predicted octanol–water partition coefficient (Wildman–Crippen LogP) is 2.86. The lowest BCUT2D eigenvalue weighted by Crippen LogP contribution is -2.32. The largest absolute Gasteiger partial charge is 0.481 e. The molecule has 1 N–H and O–H groups in total. The van der Waals surface area contributed by atoms with E-state index >= 15 is 0 Å². The van der Waals surface area contributed by atoms with E-state index in [0.717, 1.165) is 12.0 Å². The van der Waals surface area contributed by atoms with Crippen molar-refractivity contribution >= 4 is 18.2 Å². The Hall–Kier alpha value is -3.15. The standard InChI is InChI=1S/C21H23NO5/c1-3-16-8-10-17(11-9-16)15(2)22-20(24)13-27-21(25)14-26-19-7-5-4-6-18(19)12-23/h4-12,15H,3,13-14H2,1-2H3,(H,22,24)/t15-/m1/s1. The SMILES string of the molecule is CCc1ccc([C@@H](C)NC(=O)COC(=O)COc2ccccc2C=O)cc1. The molecule has 2 aromatic carbocycles. The first-order valence-electron chi connectivity index (χ1n) is 8.74. The normalized spacial score (nSPS) is 11.3. The molecule has 142 valence electrons. The molecule has 6 heteroatoms. The van der Waals surface area contributed by atoms with Crippen LogP contribution in [0.2, 0.25) is 0 Å². The third-order valence-corrected chi connectivity index (χ3v) is 4.02. The topological polar surface area (TPSA) is 81.7 Å². The van der Waals surface area contributed by atoms with Crippen LogP contribution in [-0.2, 0) is 20.7 Å². The van der Waals surface area contributed by atoms with Crippen LogP contribution >= 0.6 is 0 Å². The number of hydrogen-bond acceptors (Lipinski definition) is 5. The number of ether oxygens (including phenoxy) is 2. The van der Waals surface area contributed by atoms with Gasteiger partial charge in [0, 0.05) is 0 Å². The number of esters is 1. The van der Waals surface area contributed by atoms with Crippen LogP contribution in [0.1, 0.15) is 41.4 Å². The second-order valence-corrected chi connectivity index (χ2v) is 5.99. The molecule has 6 nitrogen and oxygen atoms in total. The summed E-state index contributed by atoms with van der Waals surface area (Å²) >= 11 is 0. The average Bonchev–Trinajstić information content (AvgIpc) is 2.70. The minimum atomic E-state index is -0.689. The van der Waals surface area contributed by atoms with E-state index in [0.29, 0.717) is 11.8 Å². The molecule has 0 aliphatic heterocycles. The molecule has 27 heavy (non-hydrogen) atoms. The summed E-state index contributed by atoms with van der Waals surface area (Å²) in [6, 6.07) is 14.3. The van der Waals surface area contributed by atoms with Crippen LogP contribution in [-0.4, -0.2) is 31.4 Å².